The number of rotatable bonds is 5. The minimum Gasteiger partial charge on any atom is -0.456 e. The van der Waals surface area contributed by atoms with Crippen LogP contribution in [0.1, 0.15) is 0 Å². The molecule has 0 aliphatic heterocycles. The summed E-state index contributed by atoms with van der Waals surface area (Å²) in [5, 5.41) is 4.29. The lowest BCUT2D eigenvalue weighted by molar-refractivity contribution is 0.669. The summed E-state index contributed by atoms with van der Waals surface area (Å²) >= 11 is 0. The molecule has 7 aromatic carbocycles. The van der Waals surface area contributed by atoms with Crippen LogP contribution < -0.4 is 0 Å². The van der Waals surface area contributed by atoms with E-state index in [-0.39, 0.29) is 0 Å². The Morgan fingerprint density at radius 1 is 0.380 bits per heavy atom. The van der Waals surface area contributed by atoms with Crippen molar-refractivity contribution in [2.24, 2.45) is 0 Å². The van der Waals surface area contributed by atoms with E-state index in [0.29, 0.717) is 17.6 Å². The normalized spacial score (nSPS) is 11.6. The van der Waals surface area contributed by atoms with E-state index in [9.17, 15) is 0 Å². The molecule has 0 bridgehead atoms. The summed E-state index contributed by atoms with van der Waals surface area (Å²) in [5.74, 6) is 1.74. The Balaban J connectivity index is 1.23. The first-order valence-corrected chi connectivity index (χ1v) is 16.7. The molecular formula is C45H28N4O. The number of nitrogens with zero attached hydrogens (tertiary/aromatic N) is 4. The van der Waals surface area contributed by atoms with E-state index in [1.165, 1.54) is 0 Å². The Labute approximate surface area is 287 Å². The molecule has 234 valence electrons. The zero-order valence-corrected chi connectivity index (χ0v) is 26.9. The summed E-state index contributed by atoms with van der Waals surface area (Å²) in [7, 11) is 0. The van der Waals surface area contributed by atoms with Crippen LogP contribution in [-0.4, -0.2) is 19.5 Å². The Hall–Kier alpha value is -6.85. The molecule has 50 heavy (non-hydrogen) atoms. The largest absolute Gasteiger partial charge is 0.456 e. The van der Waals surface area contributed by atoms with Gasteiger partial charge in [0.05, 0.1) is 11.0 Å². The summed E-state index contributed by atoms with van der Waals surface area (Å²) in [5.41, 5.74) is 10.0. The third-order valence-corrected chi connectivity index (χ3v) is 9.50. The molecule has 0 amide bonds. The molecule has 10 rings (SSSR count). The topological polar surface area (TPSA) is 56.7 Å². The molecule has 0 saturated carbocycles. The molecular weight excluding hydrogens is 613 g/mol. The number of hydrogen-bond acceptors (Lipinski definition) is 4. The van der Waals surface area contributed by atoms with Gasteiger partial charge in [-0.2, -0.15) is 9.97 Å². The highest BCUT2D eigenvalue weighted by Gasteiger charge is 2.20. The molecule has 0 fully saturated rings. The second-order valence-corrected chi connectivity index (χ2v) is 12.5. The predicted octanol–water partition coefficient (Wildman–Crippen LogP) is 11.5. The lowest BCUT2D eigenvalue weighted by Gasteiger charge is -2.12. The molecule has 0 N–H and O–H groups in total. The monoisotopic (exact) mass is 640 g/mol. The van der Waals surface area contributed by atoms with Gasteiger partial charge in [0.2, 0.25) is 5.95 Å². The molecule has 0 saturated heterocycles. The molecule has 0 radical (unpaired) electrons. The van der Waals surface area contributed by atoms with Crippen LogP contribution in [0.25, 0.3) is 94.7 Å². The molecule has 0 aliphatic carbocycles. The number of fused-ring (bicyclic) bond motifs is 6. The summed E-state index contributed by atoms with van der Waals surface area (Å²) in [6.45, 7) is 0. The lowest BCUT2D eigenvalue weighted by Crippen LogP contribution is -2.06. The van der Waals surface area contributed by atoms with Gasteiger partial charge in [0, 0.05) is 32.7 Å². The van der Waals surface area contributed by atoms with Crippen LogP contribution in [0.4, 0.5) is 0 Å². The van der Waals surface area contributed by atoms with Crippen molar-refractivity contribution in [1.29, 1.82) is 0 Å². The van der Waals surface area contributed by atoms with Gasteiger partial charge in [0.15, 0.2) is 11.6 Å². The maximum absolute atomic E-state index is 6.42. The van der Waals surface area contributed by atoms with E-state index >= 15 is 0 Å². The van der Waals surface area contributed by atoms with Crippen molar-refractivity contribution >= 4 is 43.7 Å². The Kier molecular flexibility index (Phi) is 6.42. The third kappa shape index (κ3) is 4.60. The van der Waals surface area contributed by atoms with Crippen LogP contribution in [0.5, 0.6) is 0 Å². The Bertz CT molecular complexity index is 2800. The van der Waals surface area contributed by atoms with Crippen LogP contribution in [0.15, 0.2) is 174 Å². The zero-order chi connectivity index (χ0) is 33.0. The van der Waals surface area contributed by atoms with Gasteiger partial charge in [-0.05, 0) is 52.6 Å². The molecule has 3 aromatic heterocycles. The molecule has 5 nitrogen and oxygen atoms in total. The number of aromatic nitrogens is 4. The van der Waals surface area contributed by atoms with Crippen molar-refractivity contribution in [2.75, 3.05) is 0 Å². The van der Waals surface area contributed by atoms with E-state index in [1.807, 2.05) is 24.3 Å². The number of furan rings is 1. The van der Waals surface area contributed by atoms with Crippen LogP contribution in [0.3, 0.4) is 0 Å². The van der Waals surface area contributed by atoms with E-state index in [2.05, 4.69) is 150 Å². The van der Waals surface area contributed by atoms with Crippen molar-refractivity contribution in [1.82, 2.24) is 19.5 Å². The van der Waals surface area contributed by atoms with Gasteiger partial charge in [-0.15, -0.1) is 0 Å². The van der Waals surface area contributed by atoms with Crippen molar-refractivity contribution in [3.63, 3.8) is 0 Å². The van der Waals surface area contributed by atoms with E-state index in [4.69, 9.17) is 19.4 Å². The zero-order valence-electron chi connectivity index (χ0n) is 26.9. The van der Waals surface area contributed by atoms with Gasteiger partial charge in [0.1, 0.15) is 11.2 Å². The van der Waals surface area contributed by atoms with Crippen molar-refractivity contribution in [3.8, 4) is 51.0 Å². The fraction of sp³-hybridized carbons (Fsp3) is 0. The van der Waals surface area contributed by atoms with Crippen LogP contribution in [0, 0.1) is 0 Å². The molecule has 0 unspecified atom stereocenters. The van der Waals surface area contributed by atoms with Crippen molar-refractivity contribution in [3.05, 3.63) is 170 Å². The first-order valence-electron chi connectivity index (χ1n) is 16.7. The van der Waals surface area contributed by atoms with Crippen molar-refractivity contribution in [2.45, 2.75) is 0 Å². The molecule has 0 aliphatic rings. The number of benzene rings is 7. The minimum absolute atomic E-state index is 0.560. The standard InChI is InChI=1S/C45H28N4O/c1-3-12-29(13-4-1)31-22-24-32(25-23-31)43-46-44(48-45(47-43)49-38-19-9-7-16-34(38)35-17-8-10-20-39(35)49)36-18-11-21-41-42(36)37-28-33(26-27-40(37)50-41)30-14-5-2-6-15-30/h1-28H. The van der Waals surface area contributed by atoms with E-state index in [1.54, 1.807) is 0 Å². The van der Waals surface area contributed by atoms with Crippen LogP contribution >= 0.6 is 0 Å². The SMILES string of the molecule is c1ccc(-c2ccc(-c3nc(-c4cccc5oc6ccc(-c7ccccc7)cc6c45)nc(-n4c5ccccc5c5ccccc54)n3)cc2)cc1. The lowest BCUT2D eigenvalue weighted by atomic mass is 10.0. The quantitative estimate of drug-likeness (QED) is 0.188. The molecule has 0 atom stereocenters. The van der Waals surface area contributed by atoms with Gasteiger partial charge >= 0.3 is 0 Å². The second-order valence-electron chi connectivity index (χ2n) is 12.5. The van der Waals surface area contributed by atoms with Gasteiger partial charge in [-0.1, -0.05) is 140 Å². The molecule has 5 heteroatoms. The summed E-state index contributed by atoms with van der Waals surface area (Å²) in [4.78, 5) is 15.6. The van der Waals surface area contributed by atoms with E-state index in [0.717, 1.165) is 77.1 Å². The van der Waals surface area contributed by atoms with Crippen molar-refractivity contribution < 1.29 is 4.42 Å². The van der Waals surface area contributed by atoms with Gasteiger partial charge in [-0.3, -0.25) is 4.57 Å². The fourth-order valence-electron chi connectivity index (χ4n) is 7.12. The average Bonchev–Trinajstić information content (AvgIpc) is 3.74. The fourth-order valence-corrected chi connectivity index (χ4v) is 7.12. The van der Waals surface area contributed by atoms with Gasteiger partial charge < -0.3 is 4.42 Å². The number of hydrogen-bond donors (Lipinski definition) is 0. The van der Waals surface area contributed by atoms with E-state index < -0.39 is 0 Å². The first-order chi connectivity index (χ1) is 24.8. The summed E-state index contributed by atoms with van der Waals surface area (Å²) in [6.07, 6.45) is 0. The maximum atomic E-state index is 6.42. The minimum atomic E-state index is 0.560. The summed E-state index contributed by atoms with van der Waals surface area (Å²) in [6, 6.07) is 58.6. The first kappa shape index (κ1) is 28.2. The highest BCUT2D eigenvalue weighted by Crippen LogP contribution is 2.39. The van der Waals surface area contributed by atoms with Gasteiger partial charge in [0.25, 0.3) is 0 Å². The highest BCUT2D eigenvalue weighted by atomic mass is 16.3. The van der Waals surface area contributed by atoms with Crippen LogP contribution in [-0.2, 0) is 0 Å². The number of para-hydroxylation sites is 2. The maximum Gasteiger partial charge on any atom is 0.238 e. The molecule has 10 aromatic rings. The smallest absolute Gasteiger partial charge is 0.238 e. The molecule has 0 spiro atoms. The molecule has 3 heterocycles. The highest BCUT2D eigenvalue weighted by molar-refractivity contribution is 6.13. The van der Waals surface area contributed by atoms with Crippen LogP contribution in [0.2, 0.25) is 0 Å². The summed E-state index contributed by atoms with van der Waals surface area (Å²) < 4.78 is 8.57. The second kappa shape index (κ2) is 11.4. The Morgan fingerprint density at radius 3 is 1.64 bits per heavy atom. The third-order valence-electron chi connectivity index (χ3n) is 9.50. The average molecular weight is 641 g/mol. The Morgan fingerprint density at radius 2 is 0.940 bits per heavy atom. The van der Waals surface area contributed by atoms with Gasteiger partial charge in [-0.25, -0.2) is 4.98 Å². The predicted molar refractivity (Wildman–Crippen MR) is 203 cm³/mol.